The van der Waals surface area contributed by atoms with E-state index in [1.165, 1.54) is 12.1 Å². The lowest BCUT2D eigenvalue weighted by Gasteiger charge is -2.02. The molecule has 1 aromatic carbocycles. The van der Waals surface area contributed by atoms with Crippen LogP contribution in [0.5, 0.6) is 0 Å². The van der Waals surface area contributed by atoms with Gasteiger partial charge in [-0.1, -0.05) is 24.8 Å². The Morgan fingerprint density at radius 2 is 1.94 bits per heavy atom. The van der Waals surface area contributed by atoms with Crippen LogP contribution in [0.3, 0.4) is 0 Å². The van der Waals surface area contributed by atoms with Gasteiger partial charge >= 0.3 is 5.97 Å². The fourth-order valence-electron chi connectivity index (χ4n) is 1.12. The molecule has 0 unspecified atom stereocenters. The SMILES string of the molecule is C=COC(=O)CCS(=O)(=O)c1ccccc1. The Bertz CT molecular complexity index is 462. The van der Waals surface area contributed by atoms with E-state index in [1.807, 2.05) is 0 Å². The van der Waals surface area contributed by atoms with Gasteiger partial charge in [0.2, 0.25) is 0 Å². The molecular formula is C11H12O4S. The predicted molar refractivity (Wildman–Crippen MR) is 59.4 cm³/mol. The molecular weight excluding hydrogens is 228 g/mol. The van der Waals surface area contributed by atoms with Crippen LogP contribution < -0.4 is 0 Å². The topological polar surface area (TPSA) is 60.4 Å². The molecule has 0 saturated carbocycles. The van der Waals surface area contributed by atoms with Crippen LogP contribution in [0.15, 0.2) is 48.1 Å². The standard InChI is InChI=1S/C11H12O4S/c1-2-15-11(12)8-9-16(13,14)10-6-4-3-5-7-10/h2-7H,1,8-9H2. The van der Waals surface area contributed by atoms with E-state index in [4.69, 9.17) is 0 Å². The molecule has 0 atom stereocenters. The average Bonchev–Trinajstić information content (AvgIpc) is 2.28. The maximum atomic E-state index is 11.7. The van der Waals surface area contributed by atoms with Gasteiger partial charge in [-0.25, -0.2) is 8.42 Å². The van der Waals surface area contributed by atoms with Crippen molar-refractivity contribution in [2.75, 3.05) is 5.75 Å². The van der Waals surface area contributed by atoms with Gasteiger partial charge in [0.25, 0.3) is 0 Å². The van der Waals surface area contributed by atoms with E-state index in [-0.39, 0.29) is 17.1 Å². The molecule has 0 aliphatic rings. The van der Waals surface area contributed by atoms with Crippen LogP contribution >= 0.6 is 0 Å². The molecule has 4 nitrogen and oxygen atoms in total. The number of rotatable bonds is 5. The number of esters is 1. The number of sulfone groups is 1. The molecule has 0 aliphatic heterocycles. The minimum Gasteiger partial charge on any atom is -0.435 e. The Hall–Kier alpha value is -1.62. The van der Waals surface area contributed by atoms with Gasteiger partial charge in [-0.2, -0.15) is 0 Å². The van der Waals surface area contributed by atoms with Crippen LogP contribution in [0.25, 0.3) is 0 Å². The summed E-state index contributed by atoms with van der Waals surface area (Å²) in [7, 11) is -3.41. The third-order valence-corrected chi connectivity index (χ3v) is 3.62. The lowest BCUT2D eigenvalue weighted by molar-refractivity contribution is -0.137. The van der Waals surface area contributed by atoms with E-state index in [0.717, 1.165) is 6.26 Å². The molecule has 1 aromatic rings. The molecule has 0 bridgehead atoms. The van der Waals surface area contributed by atoms with Crippen molar-refractivity contribution in [2.45, 2.75) is 11.3 Å². The van der Waals surface area contributed by atoms with Crippen LogP contribution in [0.1, 0.15) is 6.42 Å². The highest BCUT2D eigenvalue weighted by Crippen LogP contribution is 2.11. The Morgan fingerprint density at radius 1 is 1.31 bits per heavy atom. The van der Waals surface area contributed by atoms with Crippen molar-refractivity contribution in [3.63, 3.8) is 0 Å². The fraction of sp³-hybridized carbons (Fsp3) is 0.182. The quantitative estimate of drug-likeness (QED) is 0.578. The lowest BCUT2D eigenvalue weighted by Crippen LogP contribution is -2.12. The molecule has 5 heteroatoms. The van der Waals surface area contributed by atoms with Gasteiger partial charge < -0.3 is 4.74 Å². The van der Waals surface area contributed by atoms with E-state index < -0.39 is 15.8 Å². The first-order valence-electron chi connectivity index (χ1n) is 4.64. The summed E-state index contributed by atoms with van der Waals surface area (Å²) in [4.78, 5) is 11.2. The number of carbonyl (C=O) groups excluding carboxylic acids is 1. The fourth-order valence-corrected chi connectivity index (χ4v) is 2.36. The molecule has 0 aliphatic carbocycles. The van der Waals surface area contributed by atoms with Gasteiger partial charge in [0.05, 0.1) is 23.3 Å². The van der Waals surface area contributed by atoms with Crippen molar-refractivity contribution in [3.8, 4) is 0 Å². The third-order valence-electron chi connectivity index (χ3n) is 1.89. The second kappa shape index (κ2) is 5.46. The van der Waals surface area contributed by atoms with Gasteiger partial charge in [0.15, 0.2) is 9.84 Å². The summed E-state index contributed by atoms with van der Waals surface area (Å²) >= 11 is 0. The molecule has 0 spiro atoms. The summed E-state index contributed by atoms with van der Waals surface area (Å²) in [6.45, 7) is 3.21. The van der Waals surface area contributed by atoms with Crippen molar-refractivity contribution >= 4 is 15.8 Å². The molecule has 0 fully saturated rings. The summed E-state index contributed by atoms with van der Waals surface area (Å²) in [5.41, 5.74) is 0. The minimum absolute atomic E-state index is 0.177. The Balaban J connectivity index is 2.67. The first-order valence-corrected chi connectivity index (χ1v) is 6.29. The van der Waals surface area contributed by atoms with Crippen LogP contribution in [-0.2, 0) is 19.4 Å². The second-order valence-electron chi connectivity index (χ2n) is 3.04. The second-order valence-corrected chi connectivity index (χ2v) is 5.15. The Morgan fingerprint density at radius 3 is 2.50 bits per heavy atom. The molecule has 16 heavy (non-hydrogen) atoms. The number of hydrogen-bond acceptors (Lipinski definition) is 4. The molecule has 86 valence electrons. The van der Waals surface area contributed by atoms with Crippen LogP contribution in [-0.4, -0.2) is 20.1 Å². The number of ether oxygens (including phenoxy) is 1. The van der Waals surface area contributed by atoms with Crippen molar-refractivity contribution in [1.29, 1.82) is 0 Å². The van der Waals surface area contributed by atoms with Gasteiger partial charge in [-0.3, -0.25) is 4.79 Å². The van der Waals surface area contributed by atoms with Crippen molar-refractivity contribution in [3.05, 3.63) is 43.2 Å². The molecule has 0 radical (unpaired) electrons. The Labute approximate surface area is 94.5 Å². The summed E-state index contributed by atoms with van der Waals surface area (Å²) < 4.78 is 27.8. The number of benzene rings is 1. The summed E-state index contributed by atoms with van der Waals surface area (Å²) in [6.07, 6.45) is 0.806. The van der Waals surface area contributed by atoms with Crippen molar-refractivity contribution < 1.29 is 17.9 Å². The molecule has 0 amide bonds. The average molecular weight is 240 g/mol. The zero-order valence-corrected chi connectivity index (χ0v) is 9.44. The Kier molecular flexibility index (Phi) is 4.25. The monoisotopic (exact) mass is 240 g/mol. The molecule has 1 rings (SSSR count). The van der Waals surface area contributed by atoms with Gasteiger partial charge in [-0.05, 0) is 12.1 Å². The third kappa shape index (κ3) is 3.51. The van der Waals surface area contributed by atoms with Crippen LogP contribution in [0.2, 0.25) is 0 Å². The van der Waals surface area contributed by atoms with E-state index in [9.17, 15) is 13.2 Å². The molecule has 0 N–H and O–H groups in total. The maximum Gasteiger partial charge on any atom is 0.311 e. The zero-order chi connectivity index (χ0) is 12.0. The van der Waals surface area contributed by atoms with Gasteiger partial charge in [0.1, 0.15) is 0 Å². The minimum atomic E-state index is -3.41. The zero-order valence-electron chi connectivity index (χ0n) is 8.63. The van der Waals surface area contributed by atoms with Crippen molar-refractivity contribution in [1.82, 2.24) is 0 Å². The summed E-state index contributed by atoms with van der Waals surface area (Å²) in [6, 6.07) is 7.98. The smallest absolute Gasteiger partial charge is 0.311 e. The predicted octanol–water partition coefficient (Wildman–Crippen LogP) is 1.54. The molecule has 0 aromatic heterocycles. The highest BCUT2D eigenvalue weighted by Gasteiger charge is 2.16. The van der Waals surface area contributed by atoms with Gasteiger partial charge in [0, 0.05) is 0 Å². The number of carbonyl (C=O) groups is 1. The molecule has 0 saturated heterocycles. The highest BCUT2D eigenvalue weighted by atomic mass is 32.2. The lowest BCUT2D eigenvalue weighted by atomic mass is 10.4. The first kappa shape index (κ1) is 12.4. The normalized spacial score (nSPS) is 10.8. The number of hydrogen-bond donors (Lipinski definition) is 0. The van der Waals surface area contributed by atoms with E-state index in [2.05, 4.69) is 11.3 Å². The highest BCUT2D eigenvalue weighted by molar-refractivity contribution is 7.91. The van der Waals surface area contributed by atoms with E-state index >= 15 is 0 Å². The maximum absolute atomic E-state index is 11.7. The van der Waals surface area contributed by atoms with Crippen molar-refractivity contribution in [2.24, 2.45) is 0 Å². The van der Waals surface area contributed by atoms with Crippen LogP contribution in [0, 0.1) is 0 Å². The summed E-state index contributed by atoms with van der Waals surface area (Å²) in [5.74, 6) is -0.863. The summed E-state index contributed by atoms with van der Waals surface area (Å²) in [5, 5.41) is 0. The molecule has 0 heterocycles. The van der Waals surface area contributed by atoms with Crippen LogP contribution in [0.4, 0.5) is 0 Å². The van der Waals surface area contributed by atoms with Gasteiger partial charge in [-0.15, -0.1) is 0 Å². The van der Waals surface area contributed by atoms with E-state index in [1.54, 1.807) is 18.2 Å². The van der Waals surface area contributed by atoms with E-state index in [0.29, 0.717) is 0 Å². The largest absolute Gasteiger partial charge is 0.435 e. The first-order chi connectivity index (χ1) is 7.56.